The SMILES string of the molecule is CN1CCC[C@H]1[C@H]1CCCN1C(=O)c1ccc(C(F)(F)F)nc1. The van der Waals surface area contributed by atoms with Gasteiger partial charge in [0.15, 0.2) is 0 Å². The molecule has 2 aliphatic rings. The highest BCUT2D eigenvalue weighted by Crippen LogP contribution is 2.31. The fourth-order valence-corrected chi connectivity index (χ4v) is 3.72. The van der Waals surface area contributed by atoms with Crippen LogP contribution in [0.2, 0.25) is 0 Å². The first kappa shape index (κ1) is 16.2. The summed E-state index contributed by atoms with van der Waals surface area (Å²) in [5.74, 6) is -0.214. The predicted octanol–water partition coefficient (Wildman–Crippen LogP) is 2.80. The van der Waals surface area contributed by atoms with E-state index in [1.54, 1.807) is 0 Å². The molecule has 1 aromatic heterocycles. The van der Waals surface area contributed by atoms with Crippen molar-refractivity contribution in [3.8, 4) is 0 Å². The van der Waals surface area contributed by atoms with E-state index in [1.165, 1.54) is 6.07 Å². The first-order valence-electron chi connectivity index (χ1n) is 7.92. The van der Waals surface area contributed by atoms with Crippen LogP contribution in [-0.4, -0.2) is 52.9 Å². The zero-order valence-electron chi connectivity index (χ0n) is 13.0. The number of pyridine rings is 1. The molecule has 0 saturated carbocycles. The van der Waals surface area contributed by atoms with Crippen molar-refractivity contribution in [2.45, 2.75) is 43.9 Å². The maximum Gasteiger partial charge on any atom is 0.433 e. The molecular weight excluding hydrogens is 307 g/mol. The molecular formula is C16H20F3N3O. The number of likely N-dealkylation sites (N-methyl/N-ethyl adjacent to an activating group) is 1. The molecule has 2 fully saturated rings. The third-order valence-corrected chi connectivity index (χ3v) is 4.88. The Morgan fingerprint density at radius 2 is 1.87 bits per heavy atom. The molecule has 23 heavy (non-hydrogen) atoms. The number of nitrogens with zero attached hydrogens (tertiary/aromatic N) is 3. The van der Waals surface area contributed by atoms with Crippen molar-refractivity contribution < 1.29 is 18.0 Å². The molecule has 0 unspecified atom stereocenters. The molecule has 1 amide bonds. The molecule has 2 saturated heterocycles. The lowest BCUT2D eigenvalue weighted by Crippen LogP contribution is -2.47. The summed E-state index contributed by atoms with van der Waals surface area (Å²) >= 11 is 0. The number of amides is 1. The lowest BCUT2D eigenvalue weighted by molar-refractivity contribution is -0.141. The zero-order chi connectivity index (χ0) is 16.6. The Hall–Kier alpha value is -1.63. The smallest absolute Gasteiger partial charge is 0.334 e. The van der Waals surface area contributed by atoms with Crippen LogP contribution in [0.4, 0.5) is 13.2 Å². The topological polar surface area (TPSA) is 36.4 Å². The largest absolute Gasteiger partial charge is 0.433 e. The van der Waals surface area contributed by atoms with E-state index in [2.05, 4.69) is 16.9 Å². The van der Waals surface area contributed by atoms with Gasteiger partial charge >= 0.3 is 6.18 Å². The second kappa shape index (κ2) is 6.11. The third-order valence-electron chi connectivity index (χ3n) is 4.88. The van der Waals surface area contributed by atoms with Gasteiger partial charge in [0.05, 0.1) is 5.56 Å². The van der Waals surface area contributed by atoms with Crippen LogP contribution in [0.15, 0.2) is 18.3 Å². The molecule has 0 radical (unpaired) electrons. The standard InChI is InChI=1S/C16H20F3N3O/c1-21-8-2-4-12(21)13-5-3-9-22(13)15(23)11-6-7-14(20-10-11)16(17,18)19/h6-7,10,12-13H,2-5,8-9H2,1H3/t12-,13+/m0/s1. The molecule has 3 heterocycles. The number of carbonyl (C=O) groups is 1. The maximum atomic E-state index is 12.7. The first-order chi connectivity index (χ1) is 10.9. The molecule has 3 rings (SSSR count). The van der Waals surface area contributed by atoms with E-state index in [1.807, 2.05) is 4.90 Å². The van der Waals surface area contributed by atoms with Crippen LogP contribution in [0, 0.1) is 0 Å². The molecule has 0 aliphatic carbocycles. The molecule has 1 aromatic rings. The van der Waals surface area contributed by atoms with Crippen molar-refractivity contribution in [2.75, 3.05) is 20.1 Å². The number of halogens is 3. The summed E-state index contributed by atoms with van der Waals surface area (Å²) in [4.78, 5) is 20.2. The lowest BCUT2D eigenvalue weighted by Gasteiger charge is -2.33. The van der Waals surface area contributed by atoms with E-state index in [0.29, 0.717) is 12.6 Å². The second-order valence-electron chi connectivity index (χ2n) is 6.33. The average molecular weight is 327 g/mol. The molecule has 2 atom stereocenters. The number of hydrogen-bond acceptors (Lipinski definition) is 3. The van der Waals surface area contributed by atoms with Gasteiger partial charge in [0.25, 0.3) is 5.91 Å². The van der Waals surface area contributed by atoms with Crippen LogP contribution < -0.4 is 0 Å². The number of aromatic nitrogens is 1. The summed E-state index contributed by atoms with van der Waals surface area (Å²) in [7, 11) is 2.07. The molecule has 4 nitrogen and oxygen atoms in total. The Morgan fingerprint density at radius 3 is 2.43 bits per heavy atom. The monoisotopic (exact) mass is 327 g/mol. The molecule has 0 N–H and O–H groups in total. The number of rotatable bonds is 2. The highest BCUT2D eigenvalue weighted by atomic mass is 19.4. The minimum Gasteiger partial charge on any atom is -0.334 e. The molecule has 0 aromatic carbocycles. The minimum absolute atomic E-state index is 0.150. The van der Waals surface area contributed by atoms with Crippen molar-refractivity contribution in [2.24, 2.45) is 0 Å². The van der Waals surface area contributed by atoms with Crippen LogP contribution >= 0.6 is 0 Å². The van der Waals surface area contributed by atoms with Gasteiger partial charge in [-0.15, -0.1) is 0 Å². The van der Waals surface area contributed by atoms with E-state index in [0.717, 1.165) is 44.5 Å². The Bertz CT molecular complexity index is 573. The van der Waals surface area contributed by atoms with E-state index in [9.17, 15) is 18.0 Å². The van der Waals surface area contributed by atoms with Crippen molar-refractivity contribution >= 4 is 5.91 Å². The van der Waals surface area contributed by atoms with Gasteiger partial charge in [0.2, 0.25) is 0 Å². The van der Waals surface area contributed by atoms with Gasteiger partial charge in [-0.3, -0.25) is 9.78 Å². The molecule has 7 heteroatoms. The van der Waals surface area contributed by atoms with Crippen molar-refractivity contribution in [3.05, 3.63) is 29.6 Å². The lowest BCUT2D eigenvalue weighted by atomic mass is 10.0. The van der Waals surface area contributed by atoms with Gasteiger partial charge in [0, 0.05) is 24.8 Å². The summed E-state index contributed by atoms with van der Waals surface area (Å²) in [6.07, 6.45) is 0.643. The Kier molecular flexibility index (Phi) is 4.31. The normalized spacial score (nSPS) is 26.0. The van der Waals surface area contributed by atoms with Crippen molar-refractivity contribution in [1.29, 1.82) is 0 Å². The van der Waals surface area contributed by atoms with Crippen LogP contribution in [0.1, 0.15) is 41.7 Å². The van der Waals surface area contributed by atoms with Gasteiger partial charge in [-0.1, -0.05) is 0 Å². The van der Waals surface area contributed by atoms with E-state index in [4.69, 9.17) is 0 Å². The quantitative estimate of drug-likeness (QED) is 0.838. The second-order valence-corrected chi connectivity index (χ2v) is 6.33. The number of hydrogen-bond donors (Lipinski definition) is 0. The summed E-state index contributed by atoms with van der Waals surface area (Å²) in [6.45, 7) is 1.69. The summed E-state index contributed by atoms with van der Waals surface area (Å²) in [5.41, 5.74) is -0.743. The summed E-state index contributed by atoms with van der Waals surface area (Å²) < 4.78 is 37.7. The first-order valence-corrected chi connectivity index (χ1v) is 7.92. The Morgan fingerprint density at radius 1 is 1.17 bits per heavy atom. The van der Waals surface area contributed by atoms with Crippen molar-refractivity contribution in [1.82, 2.24) is 14.8 Å². The molecule has 2 aliphatic heterocycles. The van der Waals surface area contributed by atoms with Gasteiger partial charge in [-0.25, -0.2) is 0 Å². The molecule has 0 spiro atoms. The maximum absolute atomic E-state index is 12.7. The van der Waals surface area contributed by atoms with E-state index >= 15 is 0 Å². The molecule has 126 valence electrons. The van der Waals surface area contributed by atoms with Gasteiger partial charge in [-0.2, -0.15) is 13.2 Å². The summed E-state index contributed by atoms with van der Waals surface area (Å²) in [5, 5.41) is 0. The number of carbonyl (C=O) groups excluding carboxylic acids is 1. The summed E-state index contributed by atoms with van der Waals surface area (Å²) in [6, 6.07) is 2.60. The highest BCUT2D eigenvalue weighted by molar-refractivity contribution is 5.94. The zero-order valence-corrected chi connectivity index (χ0v) is 13.0. The van der Waals surface area contributed by atoms with Crippen LogP contribution in [0.5, 0.6) is 0 Å². The molecule has 0 bridgehead atoms. The van der Waals surface area contributed by atoms with Gasteiger partial charge in [-0.05, 0) is 51.4 Å². The minimum atomic E-state index is -4.48. The Labute approximate surface area is 133 Å². The fourth-order valence-electron chi connectivity index (χ4n) is 3.72. The fraction of sp³-hybridized carbons (Fsp3) is 0.625. The van der Waals surface area contributed by atoms with Crippen molar-refractivity contribution in [3.63, 3.8) is 0 Å². The number of alkyl halides is 3. The van der Waals surface area contributed by atoms with Gasteiger partial charge < -0.3 is 9.80 Å². The highest BCUT2D eigenvalue weighted by Gasteiger charge is 2.39. The average Bonchev–Trinajstić information content (AvgIpc) is 3.14. The third kappa shape index (κ3) is 3.20. The van der Waals surface area contributed by atoms with Crippen LogP contribution in [-0.2, 0) is 6.18 Å². The number of likely N-dealkylation sites (tertiary alicyclic amines) is 2. The predicted molar refractivity (Wildman–Crippen MR) is 78.9 cm³/mol. The van der Waals surface area contributed by atoms with Crippen LogP contribution in [0.25, 0.3) is 0 Å². The Balaban J connectivity index is 1.76. The van der Waals surface area contributed by atoms with Gasteiger partial charge in [0.1, 0.15) is 5.69 Å². The van der Waals surface area contributed by atoms with E-state index in [-0.39, 0.29) is 17.5 Å². The van der Waals surface area contributed by atoms with Crippen LogP contribution in [0.3, 0.4) is 0 Å². The van der Waals surface area contributed by atoms with E-state index < -0.39 is 11.9 Å².